The number of anilines is 1. The van der Waals surface area contributed by atoms with Crippen LogP contribution in [0.4, 0.5) is 10.5 Å². The van der Waals surface area contributed by atoms with Gasteiger partial charge in [0.15, 0.2) is 6.23 Å². The smallest absolute Gasteiger partial charge is 0.322 e. The highest BCUT2D eigenvalue weighted by Gasteiger charge is 2.13. The lowest BCUT2D eigenvalue weighted by Gasteiger charge is -2.20. The van der Waals surface area contributed by atoms with Crippen molar-refractivity contribution >= 4 is 22.6 Å². The molecule has 0 radical (unpaired) electrons. The quantitative estimate of drug-likeness (QED) is 0.609. The van der Waals surface area contributed by atoms with Gasteiger partial charge >= 0.3 is 6.03 Å². The number of fused-ring (bicyclic) bond motifs is 1. The van der Waals surface area contributed by atoms with Gasteiger partial charge in [-0.3, -0.25) is 5.10 Å². The molecule has 0 spiro atoms. The molecule has 3 rings (SSSR count). The number of hydrogen-bond donors (Lipinski definition) is 3. The number of para-hydroxylation sites is 1. The summed E-state index contributed by atoms with van der Waals surface area (Å²) in [6, 6.07) is 13.1. The third kappa shape index (κ3) is 4.09. The van der Waals surface area contributed by atoms with Crippen molar-refractivity contribution in [2.24, 2.45) is 0 Å². The first kappa shape index (κ1) is 16.8. The van der Waals surface area contributed by atoms with Crippen molar-refractivity contribution in [3.05, 3.63) is 54.2 Å². The number of ether oxygens (including phenoxy) is 1. The van der Waals surface area contributed by atoms with E-state index in [1.54, 1.807) is 13.1 Å². The van der Waals surface area contributed by atoms with Gasteiger partial charge in [0.25, 0.3) is 0 Å². The van der Waals surface area contributed by atoms with Crippen LogP contribution in [0.25, 0.3) is 10.9 Å². The van der Waals surface area contributed by atoms with Crippen LogP contribution < -0.4 is 15.4 Å². The lowest BCUT2D eigenvalue weighted by atomic mass is 10.0. The fraction of sp³-hybridized carbons (Fsp3) is 0.263. The van der Waals surface area contributed by atoms with Gasteiger partial charge < -0.3 is 15.4 Å². The Morgan fingerprint density at radius 2 is 1.96 bits per heavy atom. The second-order valence-corrected chi connectivity index (χ2v) is 6.22. The molecule has 25 heavy (non-hydrogen) atoms. The second-order valence-electron chi connectivity index (χ2n) is 6.22. The molecule has 1 aromatic heterocycles. The van der Waals surface area contributed by atoms with Crippen molar-refractivity contribution in [2.75, 3.05) is 5.32 Å². The van der Waals surface area contributed by atoms with Crippen molar-refractivity contribution in [2.45, 2.75) is 32.9 Å². The molecule has 3 N–H and O–H groups in total. The van der Waals surface area contributed by atoms with Crippen LogP contribution in [0, 0.1) is 0 Å². The van der Waals surface area contributed by atoms with Crippen molar-refractivity contribution in [3.63, 3.8) is 0 Å². The van der Waals surface area contributed by atoms with E-state index in [4.69, 9.17) is 4.74 Å². The number of hydrogen-bond acceptors (Lipinski definition) is 3. The number of nitrogens with one attached hydrogen (secondary N) is 3. The monoisotopic (exact) mass is 338 g/mol. The molecule has 130 valence electrons. The second kappa shape index (κ2) is 7.25. The van der Waals surface area contributed by atoms with Gasteiger partial charge in [0.2, 0.25) is 0 Å². The number of carbonyl (C=O) groups is 1. The predicted octanol–water partition coefficient (Wildman–Crippen LogP) is 4.23. The molecule has 0 aliphatic carbocycles. The summed E-state index contributed by atoms with van der Waals surface area (Å²) < 4.78 is 5.88. The molecule has 6 nitrogen and oxygen atoms in total. The van der Waals surface area contributed by atoms with Crippen LogP contribution in [-0.4, -0.2) is 22.5 Å². The number of nitrogens with zero attached hydrogens (tertiary/aromatic N) is 1. The summed E-state index contributed by atoms with van der Waals surface area (Å²) in [6.45, 7) is 6.02. The molecule has 0 fully saturated rings. The molecule has 0 aliphatic heterocycles. The minimum Gasteiger partial charge on any atom is -0.471 e. The Balaban J connectivity index is 1.60. The number of aromatic amines is 1. The molecule has 0 bridgehead atoms. The zero-order valence-corrected chi connectivity index (χ0v) is 14.5. The van der Waals surface area contributed by atoms with Gasteiger partial charge in [-0.2, -0.15) is 5.10 Å². The summed E-state index contributed by atoms with van der Waals surface area (Å²) in [7, 11) is 0. The van der Waals surface area contributed by atoms with Gasteiger partial charge in [0.1, 0.15) is 5.75 Å². The van der Waals surface area contributed by atoms with Crippen LogP contribution in [0.3, 0.4) is 0 Å². The number of H-pyrrole nitrogens is 1. The zero-order valence-electron chi connectivity index (χ0n) is 14.5. The highest BCUT2D eigenvalue weighted by atomic mass is 16.5. The Morgan fingerprint density at radius 1 is 1.16 bits per heavy atom. The molecule has 1 atom stereocenters. The zero-order chi connectivity index (χ0) is 17.8. The van der Waals surface area contributed by atoms with E-state index >= 15 is 0 Å². The minimum absolute atomic E-state index is 0.326. The highest BCUT2D eigenvalue weighted by molar-refractivity contribution is 5.92. The van der Waals surface area contributed by atoms with Gasteiger partial charge in [-0.15, -0.1) is 0 Å². The number of carbonyl (C=O) groups excluding carboxylic acids is 1. The number of amides is 2. The van der Waals surface area contributed by atoms with Crippen LogP contribution in [0.1, 0.15) is 32.3 Å². The average molecular weight is 338 g/mol. The third-order valence-corrected chi connectivity index (χ3v) is 3.88. The first-order valence-corrected chi connectivity index (χ1v) is 8.29. The van der Waals surface area contributed by atoms with Crippen molar-refractivity contribution < 1.29 is 9.53 Å². The third-order valence-electron chi connectivity index (χ3n) is 3.88. The normalized spacial score (nSPS) is 12.2. The lowest BCUT2D eigenvalue weighted by molar-refractivity contribution is 0.181. The largest absolute Gasteiger partial charge is 0.471 e. The van der Waals surface area contributed by atoms with E-state index in [2.05, 4.69) is 34.7 Å². The number of rotatable bonds is 5. The van der Waals surface area contributed by atoms with Crippen LogP contribution in [-0.2, 0) is 0 Å². The fourth-order valence-electron chi connectivity index (χ4n) is 2.65. The van der Waals surface area contributed by atoms with Crippen molar-refractivity contribution in [1.29, 1.82) is 0 Å². The van der Waals surface area contributed by atoms with Crippen LogP contribution in [0.15, 0.2) is 48.7 Å². The minimum atomic E-state index is -0.462. The molecular weight excluding hydrogens is 316 g/mol. The van der Waals surface area contributed by atoms with E-state index in [0.29, 0.717) is 11.6 Å². The summed E-state index contributed by atoms with van der Waals surface area (Å²) in [5.74, 6) is 1.13. The first-order valence-electron chi connectivity index (χ1n) is 8.29. The molecular formula is C19H22N4O2. The van der Waals surface area contributed by atoms with Crippen molar-refractivity contribution in [1.82, 2.24) is 15.5 Å². The molecule has 1 heterocycles. The standard InChI is InChI=1S/C19H22N4O2/c1-12(2)16-6-4-5-7-18(16)25-13(3)21-19(24)22-15-9-8-14-11-20-23-17(14)10-15/h4-13H,1-3H3,(H,20,23)(H2,21,22,24). The maximum Gasteiger partial charge on any atom is 0.322 e. The molecule has 3 aromatic rings. The van der Waals surface area contributed by atoms with Crippen LogP contribution in [0.5, 0.6) is 5.75 Å². The summed E-state index contributed by atoms with van der Waals surface area (Å²) in [5, 5.41) is 13.4. The summed E-state index contributed by atoms with van der Waals surface area (Å²) >= 11 is 0. The molecule has 0 saturated carbocycles. The van der Waals surface area contributed by atoms with Gasteiger partial charge in [0.05, 0.1) is 11.7 Å². The van der Waals surface area contributed by atoms with E-state index in [1.807, 2.05) is 42.5 Å². The van der Waals surface area contributed by atoms with Gasteiger partial charge in [0, 0.05) is 11.1 Å². The number of benzene rings is 2. The molecule has 6 heteroatoms. The Bertz CT molecular complexity index is 872. The molecule has 1 unspecified atom stereocenters. The maximum atomic E-state index is 12.2. The SMILES string of the molecule is CC(NC(=O)Nc1ccc2cn[nH]c2c1)Oc1ccccc1C(C)C. The Hall–Kier alpha value is -3.02. The van der Waals surface area contributed by atoms with E-state index in [1.165, 1.54) is 0 Å². The Morgan fingerprint density at radius 3 is 2.76 bits per heavy atom. The number of urea groups is 1. The first-order chi connectivity index (χ1) is 12.0. The number of aromatic nitrogens is 2. The van der Waals surface area contributed by atoms with Crippen molar-refractivity contribution in [3.8, 4) is 5.75 Å². The van der Waals surface area contributed by atoms with E-state index < -0.39 is 6.23 Å². The molecule has 0 aliphatic rings. The van der Waals surface area contributed by atoms with E-state index in [0.717, 1.165) is 22.2 Å². The Kier molecular flexibility index (Phi) is 4.88. The van der Waals surface area contributed by atoms with Gasteiger partial charge in [-0.25, -0.2) is 4.79 Å². The average Bonchev–Trinajstić information content (AvgIpc) is 3.02. The molecule has 2 aromatic carbocycles. The predicted molar refractivity (Wildman–Crippen MR) is 98.9 cm³/mol. The maximum absolute atomic E-state index is 12.2. The van der Waals surface area contributed by atoms with E-state index in [9.17, 15) is 4.79 Å². The van der Waals surface area contributed by atoms with Gasteiger partial charge in [-0.05, 0) is 42.7 Å². The summed E-state index contributed by atoms with van der Waals surface area (Å²) in [6.07, 6.45) is 1.28. The lowest BCUT2D eigenvalue weighted by Crippen LogP contribution is -2.39. The Labute approximate surface area is 146 Å². The van der Waals surface area contributed by atoms with E-state index in [-0.39, 0.29) is 6.03 Å². The molecule has 2 amide bonds. The summed E-state index contributed by atoms with van der Waals surface area (Å²) in [4.78, 5) is 12.2. The van der Waals surface area contributed by atoms with Gasteiger partial charge in [-0.1, -0.05) is 32.0 Å². The fourth-order valence-corrected chi connectivity index (χ4v) is 2.65. The summed E-state index contributed by atoms with van der Waals surface area (Å²) in [5.41, 5.74) is 2.67. The molecule has 0 saturated heterocycles. The highest BCUT2D eigenvalue weighted by Crippen LogP contribution is 2.26. The topological polar surface area (TPSA) is 79.0 Å². The van der Waals surface area contributed by atoms with Crippen LogP contribution >= 0.6 is 0 Å². The van der Waals surface area contributed by atoms with Crippen LogP contribution in [0.2, 0.25) is 0 Å².